The second-order valence-electron chi connectivity index (χ2n) is 9.19. The van der Waals surface area contributed by atoms with Crippen molar-refractivity contribution in [1.29, 1.82) is 0 Å². The van der Waals surface area contributed by atoms with E-state index in [1.165, 1.54) is 25.5 Å². The Balaban J connectivity index is 0.000000289. The number of carboxylic acids is 1. The molecule has 0 bridgehead atoms. The zero-order valence-corrected chi connectivity index (χ0v) is 17.1. The number of hydrogen-bond donors (Lipinski definition) is 1. The number of rotatable bonds is 3. The van der Waals surface area contributed by atoms with Gasteiger partial charge in [0.15, 0.2) is 0 Å². The van der Waals surface area contributed by atoms with Gasteiger partial charge in [0.1, 0.15) is 5.82 Å². The molecule has 1 aromatic carbocycles. The third-order valence-corrected chi connectivity index (χ3v) is 6.74. The zero-order chi connectivity index (χ0) is 22.4. The molecule has 2 saturated carbocycles. The number of fused-ring (bicyclic) bond motifs is 2. The lowest BCUT2D eigenvalue weighted by atomic mass is 9.74. The minimum Gasteiger partial charge on any atom is -0.475 e. The van der Waals surface area contributed by atoms with Crippen LogP contribution in [0.4, 0.5) is 23.2 Å². The van der Waals surface area contributed by atoms with Gasteiger partial charge in [-0.25, -0.2) is 9.18 Å². The molecular weight excluding hydrogens is 416 g/mol. The van der Waals surface area contributed by atoms with Gasteiger partial charge in [-0.1, -0.05) is 0 Å². The molecule has 4 aliphatic rings. The summed E-state index contributed by atoms with van der Waals surface area (Å²) in [6, 6.07) is 5.04. The number of amides is 1. The molecule has 2 aliphatic heterocycles. The Labute approximate surface area is 178 Å². The van der Waals surface area contributed by atoms with Gasteiger partial charge < -0.3 is 14.9 Å². The van der Waals surface area contributed by atoms with Crippen molar-refractivity contribution >= 4 is 17.6 Å². The molecule has 2 aliphatic carbocycles. The number of halogens is 4. The number of aliphatic carboxylic acids is 1. The van der Waals surface area contributed by atoms with Crippen LogP contribution in [-0.2, 0) is 15.0 Å². The molecular formula is C22H26F4N2O3. The maximum atomic E-state index is 13.9. The van der Waals surface area contributed by atoms with E-state index in [1.54, 1.807) is 6.07 Å². The van der Waals surface area contributed by atoms with Crippen LogP contribution in [0.3, 0.4) is 0 Å². The first-order chi connectivity index (χ1) is 14.6. The number of alkyl halides is 3. The third kappa shape index (κ3) is 4.86. The average molecular weight is 442 g/mol. The van der Waals surface area contributed by atoms with Crippen LogP contribution in [0.5, 0.6) is 0 Å². The number of carboxylic acid groups (broad SMARTS) is 1. The van der Waals surface area contributed by atoms with Gasteiger partial charge in [-0.15, -0.1) is 0 Å². The minimum absolute atomic E-state index is 0.0258. The summed E-state index contributed by atoms with van der Waals surface area (Å²) in [6.45, 7) is 4.16. The third-order valence-electron chi connectivity index (χ3n) is 6.74. The Morgan fingerprint density at radius 2 is 1.71 bits per heavy atom. The van der Waals surface area contributed by atoms with E-state index in [2.05, 4.69) is 4.90 Å². The van der Waals surface area contributed by atoms with Crippen LogP contribution < -0.4 is 4.90 Å². The van der Waals surface area contributed by atoms with E-state index in [1.807, 2.05) is 11.0 Å². The molecule has 5 rings (SSSR count). The predicted octanol–water partition coefficient (Wildman–Crippen LogP) is 3.96. The summed E-state index contributed by atoms with van der Waals surface area (Å²) < 4.78 is 45.7. The highest BCUT2D eigenvalue weighted by molar-refractivity contribution is 5.99. The summed E-state index contributed by atoms with van der Waals surface area (Å²) in [5, 5.41) is 7.12. The molecule has 0 unspecified atom stereocenters. The molecule has 2 heterocycles. The van der Waals surface area contributed by atoms with Crippen LogP contribution in [0.1, 0.15) is 44.1 Å². The van der Waals surface area contributed by atoms with Gasteiger partial charge in [0.25, 0.3) is 0 Å². The fourth-order valence-corrected chi connectivity index (χ4v) is 4.65. The van der Waals surface area contributed by atoms with Gasteiger partial charge in [-0.2, -0.15) is 13.2 Å². The van der Waals surface area contributed by atoms with Crippen LogP contribution in [0.25, 0.3) is 0 Å². The number of carbonyl (C=O) groups is 2. The summed E-state index contributed by atoms with van der Waals surface area (Å²) in [5.74, 6) is -1.53. The normalized spacial score (nSPS) is 22.6. The van der Waals surface area contributed by atoms with Gasteiger partial charge in [0.05, 0.1) is 0 Å². The van der Waals surface area contributed by atoms with Crippen LogP contribution in [-0.4, -0.2) is 54.2 Å². The lowest BCUT2D eigenvalue weighted by Crippen LogP contribution is -2.46. The van der Waals surface area contributed by atoms with E-state index in [0.717, 1.165) is 62.5 Å². The van der Waals surface area contributed by atoms with E-state index in [9.17, 15) is 22.4 Å². The maximum absolute atomic E-state index is 13.9. The SMILES string of the molecule is O=C(C1CC1)N1CC2(CCN(CC3CC3)CC2)c2cc(F)ccc21.O=C(O)C(F)(F)F. The number of carbonyl (C=O) groups excluding carboxylic acids is 1. The quantitative estimate of drug-likeness (QED) is 0.720. The molecule has 31 heavy (non-hydrogen) atoms. The van der Waals surface area contributed by atoms with Crippen LogP contribution >= 0.6 is 0 Å². The molecule has 1 aromatic rings. The van der Waals surface area contributed by atoms with E-state index >= 15 is 0 Å². The molecule has 0 atom stereocenters. The summed E-state index contributed by atoms with van der Waals surface area (Å²) in [7, 11) is 0. The molecule has 170 valence electrons. The molecule has 1 N–H and O–H groups in total. The second-order valence-corrected chi connectivity index (χ2v) is 9.19. The highest BCUT2D eigenvalue weighted by Gasteiger charge is 2.48. The smallest absolute Gasteiger partial charge is 0.475 e. The van der Waals surface area contributed by atoms with Crippen molar-refractivity contribution in [3.05, 3.63) is 29.6 Å². The molecule has 5 nitrogen and oxygen atoms in total. The highest BCUT2D eigenvalue weighted by Crippen LogP contribution is 2.49. The number of hydrogen-bond acceptors (Lipinski definition) is 3. The Bertz CT molecular complexity index is 857. The van der Waals surface area contributed by atoms with Gasteiger partial charge in [-0.05, 0) is 81.3 Å². The Morgan fingerprint density at radius 1 is 1.10 bits per heavy atom. The first kappa shape index (κ1) is 22.0. The highest BCUT2D eigenvalue weighted by atomic mass is 19.4. The van der Waals surface area contributed by atoms with E-state index < -0.39 is 12.1 Å². The van der Waals surface area contributed by atoms with Gasteiger partial charge in [0, 0.05) is 30.1 Å². The number of benzene rings is 1. The summed E-state index contributed by atoms with van der Waals surface area (Å²) in [5.41, 5.74) is 2.04. The Hall–Kier alpha value is -2.16. The minimum atomic E-state index is -5.08. The molecule has 3 fully saturated rings. The van der Waals surface area contributed by atoms with Gasteiger partial charge in [-0.3, -0.25) is 4.79 Å². The van der Waals surface area contributed by atoms with Crippen LogP contribution in [0, 0.1) is 17.7 Å². The molecule has 1 spiro atoms. The fourth-order valence-electron chi connectivity index (χ4n) is 4.65. The lowest BCUT2D eigenvalue weighted by molar-refractivity contribution is -0.192. The summed E-state index contributed by atoms with van der Waals surface area (Å²) >= 11 is 0. The lowest BCUT2D eigenvalue weighted by Gasteiger charge is -2.40. The fraction of sp³-hybridized carbons (Fsp3) is 0.636. The summed E-state index contributed by atoms with van der Waals surface area (Å²) in [4.78, 5) is 26.2. The average Bonchev–Trinajstić information content (AvgIpc) is 3.62. The molecule has 0 aromatic heterocycles. The predicted molar refractivity (Wildman–Crippen MR) is 105 cm³/mol. The summed E-state index contributed by atoms with van der Waals surface area (Å²) in [6.07, 6.45) is 1.83. The standard InChI is InChI=1S/C20H25FN2O.C2HF3O2/c21-16-5-6-18-17(11-16)20(13-23(18)19(24)15-3-4-15)7-9-22(10-8-20)12-14-1-2-14;3-2(4,5)1(6)7/h5-6,11,14-15H,1-4,7-10,12-13H2;(H,6,7). The number of likely N-dealkylation sites (tertiary alicyclic amines) is 1. The van der Waals surface area contributed by atoms with Crippen molar-refractivity contribution in [1.82, 2.24) is 4.90 Å². The van der Waals surface area contributed by atoms with Gasteiger partial charge in [0.2, 0.25) is 5.91 Å². The molecule has 9 heteroatoms. The molecule has 1 saturated heterocycles. The topological polar surface area (TPSA) is 60.9 Å². The van der Waals surface area contributed by atoms with Crippen molar-refractivity contribution in [2.45, 2.75) is 50.1 Å². The Morgan fingerprint density at radius 3 is 2.23 bits per heavy atom. The first-order valence-electron chi connectivity index (χ1n) is 10.7. The maximum Gasteiger partial charge on any atom is 0.490 e. The van der Waals surface area contributed by atoms with Crippen molar-refractivity contribution in [2.24, 2.45) is 11.8 Å². The first-order valence-corrected chi connectivity index (χ1v) is 10.7. The largest absolute Gasteiger partial charge is 0.490 e. The molecule has 1 amide bonds. The second kappa shape index (κ2) is 8.07. The molecule has 0 radical (unpaired) electrons. The van der Waals surface area contributed by atoms with Crippen molar-refractivity contribution in [3.8, 4) is 0 Å². The van der Waals surface area contributed by atoms with E-state index in [-0.39, 0.29) is 23.1 Å². The monoisotopic (exact) mass is 442 g/mol. The van der Waals surface area contributed by atoms with Crippen molar-refractivity contribution < 1.29 is 32.3 Å². The number of piperidine rings is 1. The Kier molecular flexibility index (Phi) is 5.74. The number of anilines is 1. The van der Waals surface area contributed by atoms with Crippen LogP contribution in [0.2, 0.25) is 0 Å². The zero-order valence-electron chi connectivity index (χ0n) is 17.1. The van der Waals surface area contributed by atoms with Crippen molar-refractivity contribution in [3.63, 3.8) is 0 Å². The van der Waals surface area contributed by atoms with Crippen LogP contribution in [0.15, 0.2) is 18.2 Å². The van der Waals surface area contributed by atoms with Crippen molar-refractivity contribution in [2.75, 3.05) is 31.1 Å². The van der Waals surface area contributed by atoms with E-state index in [4.69, 9.17) is 9.90 Å². The number of nitrogens with zero attached hydrogens (tertiary/aromatic N) is 2. The van der Waals surface area contributed by atoms with Gasteiger partial charge >= 0.3 is 12.1 Å². The van der Waals surface area contributed by atoms with E-state index in [0.29, 0.717) is 0 Å².